The molecule has 2 aromatic heterocycles. The Hall–Kier alpha value is -3.35. The molecule has 1 saturated heterocycles. The molecule has 7 heteroatoms. The summed E-state index contributed by atoms with van der Waals surface area (Å²) in [5.41, 5.74) is 1.63. The van der Waals surface area contributed by atoms with Crippen LogP contribution in [0, 0.1) is 0 Å². The molecule has 0 unspecified atom stereocenters. The summed E-state index contributed by atoms with van der Waals surface area (Å²) >= 11 is 0. The number of anilines is 1. The van der Waals surface area contributed by atoms with Gasteiger partial charge in [0.1, 0.15) is 11.9 Å². The Bertz CT molecular complexity index is 867. The summed E-state index contributed by atoms with van der Waals surface area (Å²) in [6, 6.07) is 13.0. The van der Waals surface area contributed by atoms with Crippen LogP contribution in [0.15, 0.2) is 67.3 Å². The summed E-state index contributed by atoms with van der Waals surface area (Å²) in [5, 5.41) is 7.15. The first kappa shape index (κ1) is 16.1. The number of carbonyl (C=O) groups is 1. The third kappa shape index (κ3) is 3.66. The molecule has 132 valence electrons. The van der Waals surface area contributed by atoms with Crippen LogP contribution in [-0.4, -0.2) is 44.9 Å². The number of likely N-dealkylation sites (tertiary alicyclic amines) is 1. The fourth-order valence-electron chi connectivity index (χ4n) is 2.97. The van der Waals surface area contributed by atoms with Crippen molar-refractivity contribution in [2.75, 3.05) is 18.4 Å². The van der Waals surface area contributed by atoms with Crippen molar-refractivity contribution in [2.24, 2.45) is 0 Å². The Balaban J connectivity index is 1.36. The number of ether oxygens (including phenoxy) is 1. The van der Waals surface area contributed by atoms with E-state index in [0.29, 0.717) is 13.1 Å². The SMILES string of the molecule is O=C(Nc1cccc(-n2cccn2)c1)N1CC[C@@H](Oc2cccnc2)C1. The number of hydrogen-bond acceptors (Lipinski definition) is 4. The maximum atomic E-state index is 12.5. The zero-order chi connectivity index (χ0) is 17.8. The van der Waals surface area contributed by atoms with E-state index in [1.807, 2.05) is 48.7 Å². The molecule has 3 aromatic rings. The molecule has 0 radical (unpaired) electrons. The van der Waals surface area contributed by atoms with Gasteiger partial charge in [-0.05, 0) is 36.4 Å². The molecular formula is C19H19N5O2. The van der Waals surface area contributed by atoms with Gasteiger partial charge in [-0.15, -0.1) is 0 Å². The number of nitrogens with zero attached hydrogens (tertiary/aromatic N) is 4. The normalized spacial score (nSPS) is 16.5. The van der Waals surface area contributed by atoms with E-state index >= 15 is 0 Å². The van der Waals surface area contributed by atoms with Crippen molar-refractivity contribution in [3.8, 4) is 11.4 Å². The second-order valence-electron chi connectivity index (χ2n) is 6.09. The van der Waals surface area contributed by atoms with Gasteiger partial charge in [0.05, 0.1) is 18.4 Å². The van der Waals surface area contributed by atoms with Gasteiger partial charge < -0.3 is 15.0 Å². The van der Waals surface area contributed by atoms with Crippen LogP contribution >= 0.6 is 0 Å². The highest BCUT2D eigenvalue weighted by molar-refractivity contribution is 5.89. The fraction of sp³-hybridized carbons (Fsp3) is 0.211. The van der Waals surface area contributed by atoms with Crippen molar-refractivity contribution in [2.45, 2.75) is 12.5 Å². The molecule has 0 aliphatic carbocycles. The molecule has 1 aromatic carbocycles. The van der Waals surface area contributed by atoms with Crippen molar-refractivity contribution in [3.63, 3.8) is 0 Å². The van der Waals surface area contributed by atoms with E-state index in [1.54, 1.807) is 28.2 Å². The first-order chi connectivity index (χ1) is 12.8. The van der Waals surface area contributed by atoms with Crippen molar-refractivity contribution in [1.82, 2.24) is 19.7 Å². The number of rotatable bonds is 4. The lowest BCUT2D eigenvalue weighted by Gasteiger charge is -2.18. The van der Waals surface area contributed by atoms with E-state index in [2.05, 4.69) is 15.4 Å². The number of benzene rings is 1. The van der Waals surface area contributed by atoms with Crippen molar-refractivity contribution < 1.29 is 9.53 Å². The molecule has 7 nitrogen and oxygen atoms in total. The van der Waals surface area contributed by atoms with E-state index in [-0.39, 0.29) is 12.1 Å². The first-order valence-corrected chi connectivity index (χ1v) is 8.50. The average molecular weight is 349 g/mol. The summed E-state index contributed by atoms with van der Waals surface area (Å²) in [6.07, 6.45) is 7.76. The second kappa shape index (κ2) is 7.26. The lowest BCUT2D eigenvalue weighted by atomic mass is 10.3. The monoisotopic (exact) mass is 349 g/mol. The van der Waals surface area contributed by atoms with E-state index in [0.717, 1.165) is 23.5 Å². The highest BCUT2D eigenvalue weighted by Gasteiger charge is 2.27. The molecule has 1 aliphatic rings. The van der Waals surface area contributed by atoms with Gasteiger partial charge >= 0.3 is 6.03 Å². The summed E-state index contributed by atoms with van der Waals surface area (Å²) < 4.78 is 7.63. The van der Waals surface area contributed by atoms with Gasteiger partial charge in [-0.3, -0.25) is 4.98 Å². The van der Waals surface area contributed by atoms with Gasteiger partial charge in [0.25, 0.3) is 0 Å². The maximum Gasteiger partial charge on any atom is 0.321 e. The van der Waals surface area contributed by atoms with Crippen LogP contribution in [0.3, 0.4) is 0 Å². The smallest absolute Gasteiger partial charge is 0.321 e. The minimum absolute atomic E-state index is 0.0136. The number of hydrogen-bond donors (Lipinski definition) is 1. The van der Waals surface area contributed by atoms with Gasteiger partial charge in [-0.2, -0.15) is 5.10 Å². The Morgan fingerprint density at radius 1 is 1.19 bits per heavy atom. The highest BCUT2D eigenvalue weighted by Crippen LogP contribution is 2.19. The third-order valence-corrected chi connectivity index (χ3v) is 4.24. The van der Waals surface area contributed by atoms with Crippen molar-refractivity contribution >= 4 is 11.7 Å². The van der Waals surface area contributed by atoms with Crippen LogP contribution in [0.2, 0.25) is 0 Å². The largest absolute Gasteiger partial charge is 0.487 e. The average Bonchev–Trinajstić information content (AvgIpc) is 3.35. The van der Waals surface area contributed by atoms with Crippen LogP contribution in [0.5, 0.6) is 5.75 Å². The molecule has 4 rings (SSSR count). The molecule has 2 amide bonds. The number of urea groups is 1. The number of amides is 2. The Morgan fingerprint density at radius 2 is 2.15 bits per heavy atom. The van der Waals surface area contributed by atoms with Gasteiger partial charge in [0.2, 0.25) is 0 Å². The second-order valence-corrected chi connectivity index (χ2v) is 6.09. The van der Waals surface area contributed by atoms with E-state index in [9.17, 15) is 4.79 Å². The molecule has 3 heterocycles. The zero-order valence-corrected chi connectivity index (χ0v) is 14.2. The molecule has 1 N–H and O–H groups in total. The third-order valence-electron chi connectivity index (χ3n) is 4.24. The van der Waals surface area contributed by atoms with E-state index < -0.39 is 0 Å². The van der Waals surface area contributed by atoms with Crippen molar-refractivity contribution in [1.29, 1.82) is 0 Å². The van der Waals surface area contributed by atoms with Crippen LogP contribution in [0.1, 0.15) is 6.42 Å². The number of nitrogens with one attached hydrogen (secondary N) is 1. The summed E-state index contributed by atoms with van der Waals surface area (Å²) in [7, 11) is 0. The summed E-state index contributed by atoms with van der Waals surface area (Å²) in [4.78, 5) is 18.3. The minimum Gasteiger partial charge on any atom is -0.487 e. The first-order valence-electron chi connectivity index (χ1n) is 8.50. The highest BCUT2D eigenvalue weighted by atomic mass is 16.5. The number of aromatic nitrogens is 3. The number of carbonyl (C=O) groups excluding carboxylic acids is 1. The lowest BCUT2D eigenvalue weighted by Crippen LogP contribution is -2.34. The van der Waals surface area contributed by atoms with Crippen LogP contribution < -0.4 is 10.1 Å². The van der Waals surface area contributed by atoms with E-state index in [4.69, 9.17) is 4.74 Å². The van der Waals surface area contributed by atoms with Gasteiger partial charge in [-0.25, -0.2) is 9.48 Å². The predicted molar refractivity (Wildman–Crippen MR) is 97.4 cm³/mol. The molecule has 26 heavy (non-hydrogen) atoms. The van der Waals surface area contributed by atoms with Crippen LogP contribution in [0.25, 0.3) is 5.69 Å². The number of pyridine rings is 1. The van der Waals surface area contributed by atoms with Crippen molar-refractivity contribution in [3.05, 3.63) is 67.3 Å². The molecule has 0 spiro atoms. The Morgan fingerprint density at radius 3 is 2.96 bits per heavy atom. The van der Waals surface area contributed by atoms with E-state index in [1.165, 1.54) is 0 Å². The Kier molecular flexibility index (Phi) is 4.51. The summed E-state index contributed by atoms with van der Waals surface area (Å²) in [6.45, 7) is 1.22. The molecule has 0 saturated carbocycles. The topological polar surface area (TPSA) is 72.3 Å². The summed E-state index contributed by atoms with van der Waals surface area (Å²) in [5.74, 6) is 0.728. The maximum absolute atomic E-state index is 12.5. The molecular weight excluding hydrogens is 330 g/mol. The molecule has 1 aliphatic heterocycles. The van der Waals surface area contributed by atoms with Gasteiger partial charge in [0, 0.05) is 37.2 Å². The molecule has 1 fully saturated rings. The minimum atomic E-state index is -0.125. The van der Waals surface area contributed by atoms with Gasteiger partial charge in [-0.1, -0.05) is 6.07 Å². The zero-order valence-electron chi connectivity index (χ0n) is 14.2. The van der Waals surface area contributed by atoms with Crippen LogP contribution in [0.4, 0.5) is 10.5 Å². The Labute approximate surface area is 151 Å². The van der Waals surface area contributed by atoms with Gasteiger partial charge in [0.15, 0.2) is 0 Å². The molecule has 0 bridgehead atoms. The predicted octanol–water partition coefficient (Wildman–Crippen LogP) is 2.95. The fourth-order valence-corrected chi connectivity index (χ4v) is 2.97. The standard InChI is InChI=1S/C19H19N5O2/c25-19(22-15-4-1-5-16(12-15)24-10-3-9-21-24)23-11-7-18(14-23)26-17-6-2-8-20-13-17/h1-6,8-10,12-13,18H,7,11,14H2,(H,22,25)/t18-/m1/s1. The lowest BCUT2D eigenvalue weighted by molar-refractivity contribution is 0.194. The van der Waals surface area contributed by atoms with Crippen LogP contribution in [-0.2, 0) is 0 Å². The molecule has 1 atom stereocenters. The quantitative estimate of drug-likeness (QED) is 0.786.